The average molecular weight is 401 g/mol. The second-order valence-electron chi connectivity index (χ2n) is 8.02. The van der Waals surface area contributed by atoms with Crippen LogP contribution in [0.4, 0.5) is 11.6 Å². The van der Waals surface area contributed by atoms with E-state index in [4.69, 9.17) is 4.98 Å². The molecule has 0 saturated heterocycles. The van der Waals surface area contributed by atoms with E-state index in [-0.39, 0.29) is 0 Å². The Morgan fingerprint density at radius 1 is 1.20 bits per heavy atom. The molecule has 2 aromatic heterocycles. The smallest absolute Gasteiger partial charge is 0.227 e. The Labute approximate surface area is 178 Å². The van der Waals surface area contributed by atoms with Crippen LogP contribution in [0.2, 0.25) is 0 Å². The van der Waals surface area contributed by atoms with E-state index in [1.165, 1.54) is 11.1 Å². The number of hydrogen-bond donors (Lipinski definition) is 1. The van der Waals surface area contributed by atoms with Crippen LogP contribution in [0.25, 0.3) is 11.3 Å². The lowest BCUT2D eigenvalue weighted by Gasteiger charge is -2.27. The highest BCUT2D eigenvalue weighted by Gasteiger charge is 2.16. The fourth-order valence-electron chi connectivity index (χ4n) is 3.68. The van der Waals surface area contributed by atoms with E-state index < -0.39 is 0 Å². The lowest BCUT2D eigenvalue weighted by atomic mass is 9.99. The summed E-state index contributed by atoms with van der Waals surface area (Å²) in [5.41, 5.74) is 6.72. The van der Waals surface area contributed by atoms with Crippen LogP contribution >= 0.6 is 0 Å². The van der Waals surface area contributed by atoms with Gasteiger partial charge in [-0.1, -0.05) is 12.0 Å². The first-order valence-electron chi connectivity index (χ1n) is 10.4. The van der Waals surface area contributed by atoms with Crippen molar-refractivity contribution in [2.45, 2.75) is 46.7 Å². The molecule has 0 spiro atoms. The van der Waals surface area contributed by atoms with Gasteiger partial charge in [0.2, 0.25) is 5.95 Å². The first-order chi connectivity index (χ1) is 14.5. The summed E-state index contributed by atoms with van der Waals surface area (Å²) in [7, 11) is 0. The van der Waals surface area contributed by atoms with E-state index in [9.17, 15) is 0 Å². The Bertz CT molecular complexity index is 1100. The van der Waals surface area contributed by atoms with Crippen LogP contribution in [-0.4, -0.2) is 37.7 Å². The Balaban J connectivity index is 1.53. The van der Waals surface area contributed by atoms with Gasteiger partial charge in [0.25, 0.3) is 0 Å². The molecule has 0 bridgehead atoms. The molecular formula is C24H28N6. The number of benzene rings is 1. The van der Waals surface area contributed by atoms with Gasteiger partial charge in [-0.05, 0) is 62.9 Å². The highest BCUT2D eigenvalue weighted by molar-refractivity contribution is 5.64. The fourth-order valence-corrected chi connectivity index (χ4v) is 3.68. The highest BCUT2D eigenvalue weighted by atomic mass is 15.3. The average Bonchev–Trinajstić information content (AvgIpc) is 3.24. The lowest BCUT2D eigenvalue weighted by Crippen LogP contribution is -2.30. The summed E-state index contributed by atoms with van der Waals surface area (Å²) in [6, 6.07) is 6.84. The van der Waals surface area contributed by atoms with Gasteiger partial charge in [-0.25, -0.2) is 9.97 Å². The molecule has 1 aliphatic heterocycles. The summed E-state index contributed by atoms with van der Waals surface area (Å²) >= 11 is 0. The number of anilines is 2. The number of rotatable bonds is 5. The predicted octanol–water partition coefficient (Wildman–Crippen LogP) is 4.35. The van der Waals surface area contributed by atoms with Crippen molar-refractivity contribution >= 4 is 11.6 Å². The van der Waals surface area contributed by atoms with E-state index in [1.807, 2.05) is 37.1 Å². The molecule has 6 heteroatoms. The molecule has 0 aliphatic carbocycles. The Kier molecular flexibility index (Phi) is 5.82. The second-order valence-corrected chi connectivity index (χ2v) is 8.02. The largest absolute Gasteiger partial charge is 0.324 e. The van der Waals surface area contributed by atoms with E-state index in [2.05, 4.69) is 64.2 Å². The van der Waals surface area contributed by atoms with Crippen molar-refractivity contribution in [1.82, 2.24) is 24.6 Å². The maximum Gasteiger partial charge on any atom is 0.227 e. The van der Waals surface area contributed by atoms with Crippen LogP contribution in [0, 0.1) is 18.8 Å². The summed E-state index contributed by atoms with van der Waals surface area (Å²) in [6.07, 6.45) is 6.80. The van der Waals surface area contributed by atoms with E-state index >= 15 is 0 Å². The zero-order valence-corrected chi connectivity index (χ0v) is 18.1. The monoisotopic (exact) mass is 400 g/mol. The summed E-state index contributed by atoms with van der Waals surface area (Å²) in [5.74, 6) is 6.75. The Morgan fingerprint density at radius 2 is 2.07 bits per heavy atom. The molecule has 0 fully saturated rings. The molecule has 3 aromatic rings. The third-order valence-corrected chi connectivity index (χ3v) is 5.41. The highest BCUT2D eigenvalue weighted by Crippen LogP contribution is 2.26. The van der Waals surface area contributed by atoms with Gasteiger partial charge in [0.15, 0.2) is 0 Å². The number of nitrogens with one attached hydrogen (secondary N) is 1. The normalized spacial score (nSPS) is 13.6. The molecule has 0 amide bonds. The van der Waals surface area contributed by atoms with E-state index in [1.54, 1.807) is 0 Å². The van der Waals surface area contributed by atoms with Crippen LogP contribution in [0.1, 0.15) is 43.5 Å². The molecule has 0 radical (unpaired) electrons. The van der Waals surface area contributed by atoms with Gasteiger partial charge in [0.1, 0.15) is 0 Å². The van der Waals surface area contributed by atoms with E-state index in [0.29, 0.717) is 12.0 Å². The minimum absolute atomic E-state index is 0.318. The number of hydrogen-bond acceptors (Lipinski definition) is 5. The molecule has 1 aliphatic rings. The number of aryl methyl sites for hydroxylation is 1. The predicted molar refractivity (Wildman–Crippen MR) is 121 cm³/mol. The van der Waals surface area contributed by atoms with Crippen molar-refractivity contribution in [1.29, 1.82) is 0 Å². The number of fused-ring (bicyclic) bond motifs is 1. The molecule has 6 nitrogen and oxygen atoms in total. The van der Waals surface area contributed by atoms with Crippen LogP contribution in [0.3, 0.4) is 0 Å². The topological polar surface area (TPSA) is 58.9 Å². The quantitative estimate of drug-likeness (QED) is 0.645. The zero-order valence-electron chi connectivity index (χ0n) is 18.1. The Morgan fingerprint density at radius 3 is 2.83 bits per heavy atom. The molecule has 4 rings (SSSR count). The SMILES string of the molecule is CC#CCN1CCc2cc(Nc3ncc(C)c(-c4cnn(C(C)C)c4)n3)ccc2C1. The van der Waals surface area contributed by atoms with Crippen LogP contribution in [0.5, 0.6) is 0 Å². The van der Waals surface area contributed by atoms with Crippen molar-refractivity contribution in [3.05, 3.63) is 53.5 Å². The van der Waals surface area contributed by atoms with Gasteiger partial charge in [0.05, 0.1) is 18.4 Å². The van der Waals surface area contributed by atoms with Crippen LogP contribution in [0.15, 0.2) is 36.8 Å². The van der Waals surface area contributed by atoms with Crippen molar-refractivity contribution in [2.75, 3.05) is 18.4 Å². The van der Waals surface area contributed by atoms with Gasteiger partial charge in [-0.15, -0.1) is 5.92 Å². The first-order valence-corrected chi connectivity index (χ1v) is 10.4. The minimum Gasteiger partial charge on any atom is -0.324 e. The molecule has 0 atom stereocenters. The van der Waals surface area contributed by atoms with Crippen LogP contribution < -0.4 is 5.32 Å². The molecule has 0 unspecified atom stereocenters. The van der Waals surface area contributed by atoms with Crippen molar-refractivity contribution in [3.63, 3.8) is 0 Å². The summed E-state index contributed by atoms with van der Waals surface area (Å²) < 4.78 is 1.95. The van der Waals surface area contributed by atoms with Crippen molar-refractivity contribution < 1.29 is 0 Å². The van der Waals surface area contributed by atoms with Gasteiger partial charge >= 0.3 is 0 Å². The summed E-state index contributed by atoms with van der Waals surface area (Å²) in [6.45, 7) is 11.0. The molecule has 1 N–H and O–H groups in total. The maximum atomic E-state index is 4.77. The lowest BCUT2D eigenvalue weighted by molar-refractivity contribution is 0.286. The molecule has 3 heterocycles. The summed E-state index contributed by atoms with van der Waals surface area (Å²) in [5, 5.41) is 7.82. The molecule has 30 heavy (non-hydrogen) atoms. The van der Waals surface area contributed by atoms with E-state index in [0.717, 1.165) is 48.6 Å². The molecule has 0 saturated carbocycles. The minimum atomic E-state index is 0.318. The maximum absolute atomic E-state index is 4.77. The van der Waals surface area contributed by atoms with Crippen molar-refractivity contribution in [2.24, 2.45) is 0 Å². The molecular weight excluding hydrogens is 372 g/mol. The standard InChI is InChI=1S/C24H28N6/c1-5-6-10-29-11-9-19-12-22(8-7-20(19)15-29)27-24-25-13-18(4)23(28-24)21-14-26-30(16-21)17(2)3/h7-8,12-14,16-17H,9-11,15H2,1-4H3,(H,25,27,28). The molecule has 1 aromatic carbocycles. The van der Waals surface area contributed by atoms with Gasteiger partial charge in [-0.3, -0.25) is 9.58 Å². The fraction of sp³-hybridized carbons (Fsp3) is 0.375. The van der Waals surface area contributed by atoms with Crippen LogP contribution in [-0.2, 0) is 13.0 Å². The third kappa shape index (κ3) is 4.37. The zero-order chi connectivity index (χ0) is 21.1. The number of aromatic nitrogens is 4. The van der Waals surface area contributed by atoms with Gasteiger partial charge in [-0.2, -0.15) is 5.10 Å². The van der Waals surface area contributed by atoms with Gasteiger partial charge < -0.3 is 5.32 Å². The van der Waals surface area contributed by atoms with Gasteiger partial charge in [0, 0.05) is 42.8 Å². The summed E-state index contributed by atoms with van der Waals surface area (Å²) in [4.78, 5) is 11.6. The third-order valence-electron chi connectivity index (χ3n) is 5.41. The second kappa shape index (κ2) is 8.68. The Hall–Kier alpha value is -3.17. The number of nitrogens with zero attached hydrogens (tertiary/aromatic N) is 5. The molecule has 154 valence electrons. The first kappa shape index (κ1) is 20.1. The van der Waals surface area contributed by atoms with Crippen molar-refractivity contribution in [3.8, 4) is 23.1 Å².